The summed E-state index contributed by atoms with van der Waals surface area (Å²) in [6.45, 7) is 0. The third-order valence-electron chi connectivity index (χ3n) is 2.18. The lowest BCUT2D eigenvalue weighted by atomic mass is 10.1. The number of carbonyl (C=O) groups is 1. The first-order valence-corrected chi connectivity index (χ1v) is 5.44. The van der Waals surface area contributed by atoms with Gasteiger partial charge in [-0.1, -0.05) is 35.3 Å². The topological polar surface area (TPSA) is 30.0 Å². The smallest absolute Gasteiger partial charge is 0.214 e. The van der Waals surface area contributed by atoms with Crippen molar-refractivity contribution in [3.8, 4) is 11.3 Å². The Kier molecular flexibility index (Phi) is 3.41. The first kappa shape index (κ1) is 12.0. The third-order valence-corrected chi connectivity index (χ3v) is 3.00. The molecular formula is C12H6Cl2FNO. The van der Waals surface area contributed by atoms with Crippen LogP contribution in [0.3, 0.4) is 0 Å². The van der Waals surface area contributed by atoms with E-state index in [0.717, 1.165) is 6.07 Å². The fourth-order valence-corrected chi connectivity index (χ4v) is 1.82. The number of rotatable bonds is 2. The zero-order chi connectivity index (χ0) is 12.4. The molecule has 0 aliphatic carbocycles. The Balaban J connectivity index is 2.64. The maximum absolute atomic E-state index is 13.2. The van der Waals surface area contributed by atoms with Crippen molar-refractivity contribution in [3.05, 3.63) is 51.9 Å². The van der Waals surface area contributed by atoms with Gasteiger partial charge in [-0.15, -0.1) is 0 Å². The minimum Gasteiger partial charge on any atom is -0.298 e. The van der Waals surface area contributed by atoms with Gasteiger partial charge in [0.25, 0.3) is 0 Å². The maximum Gasteiger partial charge on any atom is 0.214 e. The van der Waals surface area contributed by atoms with Crippen molar-refractivity contribution in [2.75, 3.05) is 0 Å². The quantitative estimate of drug-likeness (QED) is 0.609. The van der Waals surface area contributed by atoms with E-state index >= 15 is 0 Å². The second kappa shape index (κ2) is 4.82. The van der Waals surface area contributed by atoms with Gasteiger partial charge in [-0.05, 0) is 12.1 Å². The number of aldehydes is 1. The van der Waals surface area contributed by atoms with E-state index in [1.54, 1.807) is 18.2 Å². The molecule has 0 bridgehead atoms. The van der Waals surface area contributed by atoms with Crippen LogP contribution in [0.4, 0.5) is 4.39 Å². The lowest BCUT2D eigenvalue weighted by Gasteiger charge is -2.05. The average Bonchev–Trinajstić information content (AvgIpc) is 2.31. The number of pyridine rings is 1. The number of hydrogen-bond acceptors (Lipinski definition) is 2. The normalized spacial score (nSPS) is 10.3. The van der Waals surface area contributed by atoms with Crippen LogP contribution in [-0.4, -0.2) is 11.3 Å². The summed E-state index contributed by atoms with van der Waals surface area (Å²) < 4.78 is 13.2. The Morgan fingerprint density at radius 3 is 2.71 bits per heavy atom. The van der Waals surface area contributed by atoms with Crippen molar-refractivity contribution in [1.82, 2.24) is 4.98 Å². The monoisotopic (exact) mass is 269 g/mol. The van der Waals surface area contributed by atoms with Gasteiger partial charge in [0.15, 0.2) is 0 Å². The van der Waals surface area contributed by atoms with Gasteiger partial charge >= 0.3 is 0 Å². The van der Waals surface area contributed by atoms with Crippen LogP contribution in [0.15, 0.2) is 30.3 Å². The second-order valence-electron chi connectivity index (χ2n) is 3.33. The molecule has 0 aliphatic heterocycles. The van der Waals surface area contributed by atoms with E-state index < -0.39 is 5.95 Å². The van der Waals surface area contributed by atoms with Gasteiger partial charge in [0.05, 0.1) is 15.7 Å². The first-order valence-electron chi connectivity index (χ1n) is 4.69. The van der Waals surface area contributed by atoms with E-state index in [9.17, 15) is 9.18 Å². The highest BCUT2D eigenvalue weighted by Crippen LogP contribution is 2.32. The second-order valence-corrected chi connectivity index (χ2v) is 4.11. The van der Waals surface area contributed by atoms with Crippen LogP contribution < -0.4 is 0 Å². The zero-order valence-electron chi connectivity index (χ0n) is 8.45. The van der Waals surface area contributed by atoms with E-state index in [4.69, 9.17) is 23.2 Å². The zero-order valence-corrected chi connectivity index (χ0v) is 9.97. The van der Waals surface area contributed by atoms with Gasteiger partial charge in [-0.25, -0.2) is 4.98 Å². The van der Waals surface area contributed by atoms with Gasteiger partial charge < -0.3 is 0 Å². The molecule has 0 saturated heterocycles. The molecule has 17 heavy (non-hydrogen) atoms. The molecule has 0 spiro atoms. The molecule has 2 rings (SSSR count). The Morgan fingerprint density at radius 1 is 1.24 bits per heavy atom. The molecule has 1 heterocycles. The number of halogens is 3. The van der Waals surface area contributed by atoms with Crippen molar-refractivity contribution >= 4 is 29.5 Å². The third kappa shape index (κ3) is 2.46. The lowest BCUT2D eigenvalue weighted by molar-refractivity contribution is 0.112. The molecule has 0 radical (unpaired) electrons. The summed E-state index contributed by atoms with van der Waals surface area (Å²) in [6, 6.07) is 7.46. The van der Waals surface area contributed by atoms with Crippen LogP contribution in [-0.2, 0) is 0 Å². The number of hydrogen-bond donors (Lipinski definition) is 0. The van der Waals surface area contributed by atoms with Crippen LogP contribution in [0.1, 0.15) is 10.4 Å². The summed E-state index contributed by atoms with van der Waals surface area (Å²) in [5, 5.41) is 0.631. The van der Waals surface area contributed by atoms with Crippen LogP contribution in [0.25, 0.3) is 11.3 Å². The molecule has 0 saturated carbocycles. The highest BCUT2D eigenvalue weighted by molar-refractivity contribution is 6.43. The van der Waals surface area contributed by atoms with E-state index in [1.807, 2.05) is 0 Å². The highest BCUT2D eigenvalue weighted by Gasteiger charge is 2.10. The van der Waals surface area contributed by atoms with Crippen molar-refractivity contribution in [3.63, 3.8) is 0 Å². The summed E-state index contributed by atoms with van der Waals surface area (Å²) in [6.07, 6.45) is 0.548. The lowest BCUT2D eigenvalue weighted by Crippen LogP contribution is -1.92. The standard InChI is InChI=1S/C12H6Cl2FNO/c13-9-3-1-2-8(12(9)14)10-4-7(6-17)5-11(15)16-10/h1-6H. The van der Waals surface area contributed by atoms with Crippen molar-refractivity contribution in [2.45, 2.75) is 0 Å². The Labute approximate surface area is 107 Å². The van der Waals surface area contributed by atoms with E-state index in [0.29, 0.717) is 16.9 Å². The minimum absolute atomic E-state index is 0.198. The molecule has 0 N–H and O–H groups in total. The molecule has 5 heteroatoms. The summed E-state index contributed by atoms with van der Waals surface area (Å²) in [5.41, 5.74) is 0.963. The molecule has 2 nitrogen and oxygen atoms in total. The van der Waals surface area contributed by atoms with Crippen molar-refractivity contribution in [1.29, 1.82) is 0 Å². The summed E-state index contributed by atoms with van der Waals surface area (Å²) in [4.78, 5) is 14.3. The van der Waals surface area contributed by atoms with Crippen molar-refractivity contribution in [2.24, 2.45) is 0 Å². The Morgan fingerprint density at radius 2 is 2.00 bits per heavy atom. The molecule has 0 atom stereocenters. The highest BCUT2D eigenvalue weighted by atomic mass is 35.5. The molecule has 0 fully saturated rings. The van der Waals surface area contributed by atoms with Gasteiger partial charge in [0.1, 0.15) is 6.29 Å². The predicted octanol–water partition coefficient (Wildman–Crippen LogP) is 4.01. The van der Waals surface area contributed by atoms with Crippen LogP contribution in [0.2, 0.25) is 10.0 Å². The molecule has 0 amide bonds. The van der Waals surface area contributed by atoms with Gasteiger partial charge in [0.2, 0.25) is 5.95 Å². The number of carbonyl (C=O) groups excluding carboxylic acids is 1. The summed E-state index contributed by atoms with van der Waals surface area (Å²) in [7, 11) is 0. The molecule has 0 aliphatic rings. The SMILES string of the molecule is O=Cc1cc(F)nc(-c2cccc(Cl)c2Cl)c1. The first-order chi connectivity index (χ1) is 8.11. The number of benzene rings is 1. The minimum atomic E-state index is -0.736. The van der Waals surface area contributed by atoms with Crippen LogP contribution in [0.5, 0.6) is 0 Å². The average molecular weight is 270 g/mol. The Hall–Kier alpha value is -1.45. The molecule has 86 valence electrons. The predicted molar refractivity (Wildman–Crippen MR) is 65.0 cm³/mol. The molecule has 1 aromatic carbocycles. The molecule has 0 unspecified atom stereocenters. The molecule has 2 aromatic rings. The maximum atomic E-state index is 13.2. The van der Waals surface area contributed by atoms with E-state index in [2.05, 4.69) is 4.98 Å². The fourth-order valence-electron chi connectivity index (χ4n) is 1.42. The summed E-state index contributed by atoms with van der Waals surface area (Å²) in [5.74, 6) is -0.736. The molecule has 1 aromatic heterocycles. The van der Waals surface area contributed by atoms with Crippen molar-refractivity contribution < 1.29 is 9.18 Å². The number of nitrogens with zero attached hydrogens (tertiary/aromatic N) is 1. The number of aromatic nitrogens is 1. The Bertz CT molecular complexity index is 587. The van der Waals surface area contributed by atoms with E-state index in [-0.39, 0.29) is 16.3 Å². The van der Waals surface area contributed by atoms with Crippen LogP contribution in [0, 0.1) is 5.95 Å². The molecular weight excluding hydrogens is 264 g/mol. The van der Waals surface area contributed by atoms with Gasteiger partial charge in [-0.3, -0.25) is 4.79 Å². The fraction of sp³-hybridized carbons (Fsp3) is 0. The van der Waals surface area contributed by atoms with Gasteiger partial charge in [-0.2, -0.15) is 4.39 Å². The van der Waals surface area contributed by atoms with Gasteiger partial charge in [0, 0.05) is 17.2 Å². The van der Waals surface area contributed by atoms with E-state index in [1.165, 1.54) is 6.07 Å². The van der Waals surface area contributed by atoms with Crippen LogP contribution >= 0.6 is 23.2 Å². The largest absolute Gasteiger partial charge is 0.298 e. The summed E-state index contributed by atoms with van der Waals surface area (Å²) >= 11 is 11.8.